The Bertz CT molecular complexity index is 907. The maximum absolute atomic E-state index is 13.1. The van der Waals surface area contributed by atoms with E-state index >= 15 is 0 Å². The first-order chi connectivity index (χ1) is 14.9. The molecule has 0 aliphatic heterocycles. The van der Waals surface area contributed by atoms with E-state index in [9.17, 15) is 14.7 Å². The molecule has 1 aliphatic rings. The monoisotopic (exact) mass is 422 g/mol. The second kappa shape index (κ2) is 10.6. The lowest BCUT2D eigenvalue weighted by Crippen LogP contribution is -2.33. The van der Waals surface area contributed by atoms with Crippen molar-refractivity contribution in [3.63, 3.8) is 0 Å². The van der Waals surface area contributed by atoms with E-state index in [1.54, 1.807) is 0 Å². The van der Waals surface area contributed by atoms with Gasteiger partial charge in [0, 0.05) is 18.4 Å². The number of aryl methyl sites for hydroxylation is 2. The summed E-state index contributed by atoms with van der Waals surface area (Å²) in [6.07, 6.45) is 6.70. The van der Waals surface area contributed by atoms with Gasteiger partial charge < -0.3 is 9.84 Å². The van der Waals surface area contributed by atoms with Gasteiger partial charge in [-0.05, 0) is 43.4 Å². The zero-order chi connectivity index (χ0) is 22.3. The second-order valence-corrected chi connectivity index (χ2v) is 8.86. The molecule has 4 nitrogen and oxygen atoms in total. The van der Waals surface area contributed by atoms with Gasteiger partial charge in [-0.3, -0.25) is 9.59 Å². The summed E-state index contributed by atoms with van der Waals surface area (Å²) in [5, 5.41) is 9.91. The molecular weight excluding hydrogens is 388 g/mol. The Kier molecular flexibility index (Phi) is 7.89. The van der Waals surface area contributed by atoms with E-state index < -0.39 is 11.4 Å². The normalized spacial score (nSPS) is 15.8. The molecule has 2 aromatic carbocycles. The van der Waals surface area contributed by atoms with Crippen LogP contribution in [0.4, 0.5) is 0 Å². The third kappa shape index (κ3) is 5.96. The maximum atomic E-state index is 13.1. The highest BCUT2D eigenvalue weighted by Crippen LogP contribution is 2.39. The molecule has 2 aromatic rings. The maximum Gasteiger partial charge on any atom is 0.310 e. The van der Waals surface area contributed by atoms with Crippen molar-refractivity contribution in [3.8, 4) is 5.75 Å². The van der Waals surface area contributed by atoms with E-state index in [1.807, 2.05) is 24.3 Å². The molecule has 0 aromatic heterocycles. The van der Waals surface area contributed by atoms with Crippen LogP contribution in [-0.4, -0.2) is 23.5 Å². The van der Waals surface area contributed by atoms with E-state index in [4.69, 9.17) is 4.74 Å². The van der Waals surface area contributed by atoms with Crippen LogP contribution >= 0.6 is 0 Å². The molecule has 3 rings (SSSR count). The van der Waals surface area contributed by atoms with Crippen LogP contribution in [-0.2, 0) is 17.6 Å². The Morgan fingerprint density at radius 1 is 1.03 bits per heavy atom. The summed E-state index contributed by atoms with van der Waals surface area (Å²) >= 11 is 0. The lowest BCUT2D eigenvalue weighted by molar-refractivity contribution is -0.149. The number of aliphatic carboxylic acids is 1. The van der Waals surface area contributed by atoms with Crippen molar-refractivity contribution in [2.24, 2.45) is 5.41 Å². The fourth-order valence-electron chi connectivity index (χ4n) is 4.58. The zero-order valence-electron chi connectivity index (χ0n) is 18.8. The Morgan fingerprint density at radius 3 is 2.42 bits per heavy atom. The number of carbonyl (C=O) groups is 2. The van der Waals surface area contributed by atoms with Gasteiger partial charge in [0.15, 0.2) is 5.78 Å². The SMILES string of the molecule is CCc1ccc(C(=O)CC2(C(=O)O)CCCCCC2)cc1OCCc1cccc(C)c1. The quantitative estimate of drug-likeness (QED) is 0.387. The number of rotatable bonds is 9. The van der Waals surface area contributed by atoms with Crippen molar-refractivity contribution >= 4 is 11.8 Å². The summed E-state index contributed by atoms with van der Waals surface area (Å²) in [6, 6.07) is 13.9. The number of hydrogen-bond donors (Lipinski definition) is 1. The standard InChI is InChI=1S/C27H34O4/c1-3-22-11-12-23(18-25(22)31-16-13-21-10-8-9-20(2)17-21)24(28)19-27(26(29)30)14-6-4-5-7-15-27/h8-12,17-18H,3-7,13-16,19H2,1-2H3,(H,29,30). The Labute approximate surface area is 185 Å². The van der Waals surface area contributed by atoms with E-state index in [2.05, 4.69) is 32.0 Å². The van der Waals surface area contributed by atoms with Crippen LogP contribution in [0.2, 0.25) is 0 Å². The van der Waals surface area contributed by atoms with Crippen LogP contribution in [0.1, 0.15) is 78.9 Å². The minimum atomic E-state index is -0.927. The molecule has 4 heteroatoms. The van der Waals surface area contributed by atoms with E-state index in [0.29, 0.717) is 25.0 Å². The number of carboxylic acid groups (broad SMARTS) is 1. The van der Waals surface area contributed by atoms with Gasteiger partial charge in [-0.15, -0.1) is 0 Å². The fourth-order valence-corrected chi connectivity index (χ4v) is 4.58. The highest BCUT2D eigenvalue weighted by molar-refractivity contribution is 5.99. The molecule has 31 heavy (non-hydrogen) atoms. The van der Waals surface area contributed by atoms with Gasteiger partial charge in [0.25, 0.3) is 0 Å². The molecular formula is C27H34O4. The number of ether oxygens (including phenoxy) is 1. The van der Waals surface area contributed by atoms with Crippen LogP contribution < -0.4 is 4.74 Å². The average Bonchev–Trinajstić information content (AvgIpc) is 3.00. The first-order valence-corrected chi connectivity index (χ1v) is 11.5. The predicted octanol–water partition coefficient (Wildman–Crippen LogP) is 6.18. The first-order valence-electron chi connectivity index (χ1n) is 11.5. The summed E-state index contributed by atoms with van der Waals surface area (Å²) in [5.74, 6) is -0.204. The van der Waals surface area contributed by atoms with Gasteiger partial charge >= 0.3 is 5.97 Å². The first kappa shape index (κ1) is 23.1. The molecule has 1 fully saturated rings. The Morgan fingerprint density at radius 2 is 1.77 bits per heavy atom. The van der Waals surface area contributed by atoms with Gasteiger partial charge in [-0.2, -0.15) is 0 Å². The molecule has 0 unspecified atom stereocenters. The van der Waals surface area contributed by atoms with Crippen molar-refractivity contribution in [2.75, 3.05) is 6.61 Å². The van der Waals surface area contributed by atoms with E-state index in [-0.39, 0.29) is 12.2 Å². The highest BCUT2D eigenvalue weighted by Gasteiger charge is 2.40. The molecule has 0 amide bonds. The molecule has 0 heterocycles. The van der Waals surface area contributed by atoms with Gasteiger partial charge in [0.05, 0.1) is 12.0 Å². The summed E-state index contributed by atoms with van der Waals surface area (Å²) in [5.41, 5.74) is 3.13. The average molecular weight is 423 g/mol. The summed E-state index contributed by atoms with van der Waals surface area (Å²) < 4.78 is 6.08. The zero-order valence-corrected chi connectivity index (χ0v) is 18.8. The molecule has 166 valence electrons. The van der Waals surface area contributed by atoms with Crippen molar-refractivity contribution < 1.29 is 19.4 Å². The Hall–Kier alpha value is -2.62. The number of ketones is 1. The Balaban J connectivity index is 1.72. The second-order valence-electron chi connectivity index (χ2n) is 8.86. The third-order valence-electron chi connectivity index (χ3n) is 6.51. The minimum absolute atomic E-state index is 0.0660. The number of Topliss-reactive ketones (excluding diaryl/α,β-unsaturated/α-hetero) is 1. The number of carboxylic acids is 1. The summed E-state index contributed by atoms with van der Waals surface area (Å²) in [4.78, 5) is 25.2. The predicted molar refractivity (Wildman–Crippen MR) is 123 cm³/mol. The largest absolute Gasteiger partial charge is 0.493 e. The van der Waals surface area contributed by atoms with Crippen LogP contribution in [0.3, 0.4) is 0 Å². The lowest BCUT2D eigenvalue weighted by Gasteiger charge is -2.27. The number of hydrogen-bond acceptors (Lipinski definition) is 3. The fraction of sp³-hybridized carbons (Fsp3) is 0.481. The smallest absolute Gasteiger partial charge is 0.310 e. The number of carbonyl (C=O) groups excluding carboxylic acids is 1. The lowest BCUT2D eigenvalue weighted by atomic mass is 9.75. The van der Waals surface area contributed by atoms with Crippen LogP contribution in [0, 0.1) is 12.3 Å². The molecule has 1 saturated carbocycles. The van der Waals surface area contributed by atoms with Gasteiger partial charge in [-0.25, -0.2) is 0 Å². The van der Waals surface area contributed by atoms with Crippen molar-refractivity contribution in [1.82, 2.24) is 0 Å². The topological polar surface area (TPSA) is 63.6 Å². The highest BCUT2D eigenvalue weighted by atomic mass is 16.5. The van der Waals surface area contributed by atoms with E-state index in [1.165, 1.54) is 11.1 Å². The molecule has 0 radical (unpaired) electrons. The third-order valence-corrected chi connectivity index (χ3v) is 6.51. The van der Waals surface area contributed by atoms with Gasteiger partial charge in [0.2, 0.25) is 0 Å². The van der Waals surface area contributed by atoms with Crippen molar-refractivity contribution in [3.05, 3.63) is 64.7 Å². The number of benzene rings is 2. The molecule has 0 saturated heterocycles. The summed E-state index contributed by atoms with van der Waals surface area (Å²) in [7, 11) is 0. The molecule has 0 atom stereocenters. The molecule has 0 spiro atoms. The van der Waals surface area contributed by atoms with Crippen LogP contribution in [0.25, 0.3) is 0 Å². The van der Waals surface area contributed by atoms with E-state index in [0.717, 1.165) is 49.8 Å². The van der Waals surface area contributed by atoms with Crippen molar-refractivity contribution in [2.45, 2.75) is 71.6 Å². The van der Waals surface area contributed by atoms with Crippen LogP contribution in [0.5, 0.6) is 5.75 Å². The van der Waals surface area contributed by atoms with Gasteiger partial charge in [0.1, 0.15) is 5.75 Å². The molecule has 0 bridgehead atoms. The summed E-state index contributed by atoms with van der Waals surface area (Å²) in [6.45, 7) is 4.68. The minimum Gasteiger partial charge on any atom is -0.493 e. The van der Waals surface area contributed by atoms with Gasteiger partial charge in [-0.1, -0.05) is 74.6 Å². The van der Waals surface area contributed by atoms with Crippen molar-refractivity contribution in [1.29, 1.82) is 0 Å². The molecule has 1 aliphatic carbocycles. The van der Waals surface area contributed by atoms with Crippen LogP contribution in [0.15, 0.2) is 42.5 Å². The molecule has 1 N–H and O–H groups in total.